The summed E-state index contributed by atoms with van der Waals surface area (Å²) in [5.41, 5.74) is 6.57. The van der Waals surface area contributed by atoms with Gasteiger partial charge in [0.15, 0.2) is 0 Å². The minimum Gasteiger partial charge on any atom is -0.488 e. The number of carbonyl (C=O) groups is 4. The molecule has 10 rings (SSSR count). The van der Waals surface area contributed by atoms with Gasteiger partial charge < -0.3 is 54.1 Å². The molecule has 2 aromatic heterocycles. The number of alkyl carbamates (subject to hydrolysis) is 2. The summed E-state index contributed by atoms with van der Waals surface area (Å²) >= 11 is 0. The van der Waals surface area contributed by atoms with E-state index in [9.17, 15) is 19.2 Å². The zero-order valence-corrected chi connectivity index (χ0v) is 41.4. The van der Waals surface area contributed by atoms with Crippen LogP contribution in [-0.2, 0) is 35.1 Å². The molecule has 5 aliphatic rings. The fourth-order valence-electron chi connectivity index (χ4n) is 12.5. The summed E-state index contributed by atoms with van der Waals surface area (Å²) in [5, 5.41) is 7.77. The molecule has 0 spiro atoms. The van der Waals surface area contributed by atoms with Crippen LogP contribution in [0.5, 0.6) is 5.75 Å². The summed E-state index contributed by atoms with van der Waals surface area (Å²) in [6.07, 6.45) is 6.13. The number of imidazole rings is 2. The predicted molar refractivity (Wildman–Crippen MR) is 262 cm³/mol. The molecule has 5 aliphatic heterocycles. The molecule has 0 saturated carbocycles. The molecule has 5 aromatic rings. The zero-order chi connectivity index (χ0) is 49.1. The number of carbonyl (C=O) groups excluding carboxylic acids is 4. The van der Waals surface area contributed by atoms with Crippen molar-refractivity contribution >= 4 is 45.8 Å². The lowest BCUT2D eigenvalue weighted by molar-refractivity contribution is -0.141. The van der Waals surface area contributed by atoms with Crippen molar-refractivity contribution in [1.29, 1.82) is 0 Å². The van der Waals surface area contributed by atoms with Crippen LogP contribution in [-0.4, -0.2) is 117 Å². The SMILES string of the molecule is COC(=O)NC(C(=O)N1[C@@H](C)CC[C@H]1c1ncc(-c2ccc3c(c2)COc2cc4c(ccc5nc([C@@H]6CC[C@H](C)N6C(=O)[C@@H](NC(=O)OC)C6C[C@@H](C)O[C@H](C)C6)[nH]c54)cc2-3)[nH]1)[C@H]1C[C@@H](C)O[C@@H](C)C1. The fraction of sp³-hybridized carbons (Fsp3) is 0.547. The molecule has 17 heteroatoms. The molecule has 0 bridgehead atoms. The monoisotopic (exact) mass is 958 g/mol. The molecule has 70 heavy (non-hydrogen) atoms. The lowest BCUT2D eigenvalue weighted by atomic mass is 9.85. The van der Waals surface area contributed by atoms with Gasteiger partial charge in [-0.3, -0.25) is 9.59 Å². The zero-order valence-electron chi connectivity index (χ0n) is 41.4. The minimum absolute atomic E-state index is 0.0333. The number of aromatic amines is 2. The van der Waals surface area contributed by atoms with E-state index >= 15 is 0 Å². The van der Waals surface area contributed by atoms with Gasteiger partial charge in [0, 0.05) is 23.0 Å². The van der Waals surface area contributed by atoms with Gasteiger partial charge >= 0.3 is 12.2 Å². The largest absolute Gasteiger partial charge is 0.488 e. The van der Waals surface area contributed by atoms with Crippen LogP contribution >= 0.6 is 0 Å². The minimum atomic E-state index is -0.758. The number of nitrogens with one attached hydrogen (secondary N) is 4. The Bertz CT molecular complexity index is 2790. The van der Waals surface area contributed by atoms with E-state index in [1.807, 2.05) is 49.8 Å². The third kappa shape index (κ3) is 8.95. The fourth-order valence-corrected chi connectivity index (χ4v) is 12.5. The quantitative estimate of drug-likeness (QED) is 0.110. The Hall–Kier alpha value is -6.20. The van der Waals surface area contributed by atoms with E-state index in [-0.39, 0.29) is 72.2 Å². The number of hydrogen-bond acceptors (Lipinski definition) is 11. The van der Waals surface area contributed by atoms with Gasteiger partial charge in [0.25, 0.3) is 0 Å². The van der Waals surface area contributed by atoms with Crippen LogP contribution in [0.25, 0.3) is 44.2 Å². The Morgan fingerprint density at radius 1 is 0.686 bits per heavy atom. The first-order valence-corrected chi connectivity index (χ1v) is 25.1. The molecule has 1 unspecified atom stereocenters. The van der Waals surface area contributed by atoms with E-state index in [0.29, 0.717) is 43.9 Å². The van der Waals surface area contributed by atoms with Crippen molar-refractivity contribution in [3.05, 3.63) is 65.9 Å². The molecular weight excluding hydrogens is 893 g/mol. The second kappa shape index (κ2) is 19.2. The summed E-state index contributed by atoms with van der Waals surface area (Å²) in [5.74, 6) is 1.72. The molecule has 4 fully saturated rings. The van der Waals surface area contributed by atoms with Gasteiger partial charge in [0.05, 0.1) is 73.6 Å². The lowest BCUT2D eigenvalue weighted by Gasteiger charge is -2.39. The predicted octanol–water partition coefficient (Wildman–Crippen LogP) is 8.63. The summed E-state index contributed by atoms with van der Waals surface area (Å²) in [7, 11) is 2.63. The maximum Gasteiger partial charge on any atom is 0.407 e. The number of nitrogens with zero attached hydrogens (tertiary/aromatic N) is 4. The molecule has 0 radical (unpaired) electrons. The Labute approximate surface area is 408 Å². The highest BCUT2D eigenvalue weighted by Gasteiger charge is 2.46. The Balaban J connectivity index is 0.891. The van der Waals surface area contributed by atoms with Crippen molar-refractivity contribution < 1.29 is 42.9 Å². The van der Waals surface area contributed by atoms with Crippen LogP contribution in [0.2, 0.25) is 0 Å². The standard InChI is InChI=1S/C53H66N8O9/c1-26-9-15-42(60(26)50(62)45(58-52(64)66-7)34-17-28(3)69-29(4)18-34)48-54-24-41(56-48)33-11-13-37-36(21-33)25-68-44-23-38-32(22-39(37)44)12-14-40-47(38)57-49(55-40)43-16-10-27(2)61(43)51(63)46(59-53(65)67-8)35-19-30(5)70-31(6)20-35/h11-14,21-24,26-31,34-35,42-43,45-46H,9-10,15-20,25H2,1-8H3,(H,54,56)(H,55,57)(H,58,64)(H,59,65)/t26-,27-,28-,29+,30+,31+,34+,42-,43-,45?,46-/m0/s1. The number of rotatable bonds is 9. The molecule has 11 atom stereocenters. The van der Waals surface area contributed by atoms with Gasteiger partial charge in [0.1, 0.15) is 36.1 Å². The highest BCUT2D eigenvalue weighted by Crippen LogP contribution is 2.45. The first-order chi connectivity index (χ1) is 33.7. The number of hydrogen-bond donors (Lipinski definition) is 4. The number of H-pyrrole nitrogens is 2. The summed E-state index contributed by atoms with van der Waals surface area (Å²) in [4.78, 5) is 75.3. The van der Waals surface area contributed by atoms with Crippen molar-refractivity contribution in [1.82, 2.24) is 40.4 Å². The van der Waals surface area contributed by atoms with E-state index < -0.39 is 24.3 Å². The summed E-state index contributed by atoms with van der Waals surface area (Å²) in [6, 6.07) is 12.5. The summed E-state index contributed by atoms with van der Waals surface area (Å²) in [6.45, 7) is 12.5. The van der Waals surface area contributed by atoms with Crippen molar-refractivity contribution in [2.24, 2.45) is 11.8 Å². The topological polar surface area (TPSA) is 202 Å². The average Bonchev–Trinajstić information content (AvgIpc) is 4.16. The lowest BCUT2D eigenvalue weighted by Crippen LogP contribution is -2.55. The van der Waals surface area contributed by atoms with Crippen LogP contribution in [0.15, 0.2) is 48.7 Å². The number of methoxy groups -OCH3 is 2. The Morgan fingerprint density at radius 3 is 1.83 bits per heavy atom. The smallest absolute Gasteiger partial charge is 0.407 e. The van der Waals surface area contributed by atoms with Gasteiger partial charge in [0.2, 0.25) is 11.8 Å². The molecule has 7 heterocycles. The van der Waals surface area contributed by atoms with Gasteiger partial charge in [-0.15, -0.1) is 0 Å². The number of aromatic nitrogens is 4. The van der Waals surface area contributed by atoms with E-state index in [1.54, 1.807) is 0 Å². The van der Waals surface area contributed by atoms with Gasteiger partial charge in [-0.1, -0.05) is 18.2 Å². The Kier molecular flexibility index (Phi) is 13.0. The van der Waals surface area contributed by atoms with Crippen molar-refractivity contribution in [3.63, 3.8) is 0 Å². The van der Waals surface area contributed by atoms with Crippen molar-refractivity contribution in [3.8, 4) is 28.1 Å². The maximum atomic E-state index is 14.6. The van der Waals surface area contributed by atoms with Gasteiger partial charge in [-0.05, 0) is 151 Å². The molecule has 4 N–H and O–H groups in total. The third-order valence-electron chi connectivity index (χ3n) is 15.6. The highest BCUT2D eigenvalue weighted by molar-refractivity contribution is 6.07. The second-order valence-corrected chi connectivity index (χ2v) is 20.6. The molecule has 0 aliphatic carbocycles. The third-order valence-corrected chi connectivity index (χ3v) is 15.6. The highest BCUT2D eigenvalue weighted by atomic mass is 16.5. The van der Waals surface area contributed by atoms with Crippen LogP contribution in [0.3, 0.4) is 0 Å². The molecule has 17 nitrogen and oxygen atoms in total. The van der Waals surface area contributed by atoms with Gasteiger partial charge in [-0.25, -0.2) is 19.6 Å². The molecule has 4 amide bonds. The second-order valence-electron chi connectivity index (χ2n) is 20.6. The van der Waals surface area contributed by atoms with Crippen LogP contribution < -0.4 is 15.4 Å². The van der Waals surface area contributed by atoms with Crippen LogP contribution in [0.4, 0.5) is 9.59 Å². The van der Waals surface area contributed by atoms with Crippen molar-refractivity contribution in [2.75, 3.05) is 14.2 Å². The first-order valence-electron chi connectivity index (χ1n) is 25.1. The number of likely N-dealkylation sites (tertiary alicyclic amines) is 2. The van der Waals surface area contributed by atoms with E-state index in [2.05, 4.69) is 70.8 Å². The van der Waals surface area contributed by atoms with Crippen LogP contribution in [0, 0.1) is 11.8 Å². The number of benzene rings is 3. The molecule has 372 valence electrons. The van der Waals surface area contributed by atoms with Crippen LogP contribution in [0.1, 0.15) is 122 Å². The summed E-state index contributed by atoms with van der Waals surface area (Å²) < 4.78 is 28.5. The van der Waals surface area contributed by atoms with Gasteiger partial charge in [-0.2, -0.15) is 0 Å². The van der Waals surface area contributed by atoms with E-state index in [1.165, 1.54) is 14.2 Å². The van der Waals surface area contributed by atoms with E-state index in [4.69, 9.17) is 33.7 Å². The average molecular weight is 959 g/mol. The number of ether oxygens (including phenoxy) is 5. The number of fused-ring (bicyclic) bond motifs is 6. The Morgan fingerprint density at radius 2 is 1.26 bits per heavy atom. The molecule has 4 saturated heterocycles. The normalized spacial score (nSPS) is 28.4. The van der Waals surface area contributed by atoms with Crippen molar-refractivity contribution in [2.45, 2.75) is 160 Å². The molecule has 3 aromatic carbocycles. The maximum absolute atomic E-state index is 14.6. The molecular formula is C53H66N8O9. The first kappa shape index (κ1) is 47.5. The number of amides is 4. The van der Waals surface area contributed by atoms with E-state index in [0.717, 1.165) is 81.2 Å².